The molecule has 2 aliphatic carbocycles. The number of anilines is 2. The Balaban J connectivity index is 1.06. The summed E-state index contributed by atoms with van der Waals surface area (Å²) in [5.74, 6) is 3.39. The predicted molar refractivity (Wildman–Crippen MR) is 159 cm³/mol. The molecule has 9 heteroatoms. The van der Waals surface area contributed by atoms with E-state index in [2.05, 4.69) is 21.9 Å². The third kappa shape index (κ3) is 6.27. The lowest BCUT2D eigenvalue weighted by Crippen LogP contribution is -2.48. The Morgan fingerprint density at radius 3 is 2.49 bits per heavy atom. The molecule has 9 nitrogen and oxygen atoms in total. The first-order valence-corrected chi connectivity index (χ1v) is 14.8. The van der Waals surface area contributed by atoms with Crippen LogP contribution in [0.4, 0.5) is 11.8 Å². The monoisotopic (exact) mass is 559 g/mol. The van der Waals surface area contributed by atoms with Gasteiger partial charge in [0.05, 0.1) is 31.6 Å². The molecule has 0 bridgehead atoms. The Morgan fingerprint density at radius 2 is 1.76 bits per heavy atom. The summed E-state index contributed by atoms with van der Waals surface area (Å²) in [6.07, 6.45) is 3.84. The topological polar surface area (TPSA) is 106 Å². The van der Waals surface area contributed by atoms with E-state index in [-0.39, 0.29) is 6.10 Å². The molecule has 1 saturated heterocycles. The van der Waals surface area contributed by atoms with Crippen LogP contribution in [0.2, 0.25) is 0 Å². The maximum absolute atomic E-state index is 9.66. The molecule has 1 atom stereocenters. The van der Waals surface area contributed by atoms with Crippen LogP contribution in [0.3, 0.4) is 0 Å². The molecule has 6 rings (SSSR count). The number of aliphatic hydroxyl groups is 1. The molecular weight excluding hydrogens is 518 g/mol. The highest BCUT2D eigenvalue weighted by Crippen LogP contribution is 2.39. The van der Waals surface area contributed by atoms with Gasteiger partial charge in [-0.3, -0.25) is 4.90 Å². The standard InChI is InChI=1S/C32H41N5O4/c1-21(38)24-18-27(19-24)40-16-15-36-11-13-37(14-12-36)31-29-9-5-23-17-26(8-10-28(23)30(29)34-32(33)35-31)41-20-22-3-6-25(39-2)7-4-22/h3-4,6-8,10,17,21,24,27,38H,5,9,11-16,18-20H2,1-2H3,(H2,33,34,35). The number of fused-ring (bicyclic) bond motifs is 3. The summed E-state index contributed by atoms with van der Waals surface area (Å²) < 4.78 is 17.4. The molecule has 0 spiro atoms. The number of rotatable bonds is 10. The smallest absolute Gasteiger partial charge is 0.222 e. The van der Waals surface area contributed by atoms with Crippen molar-refractivity contribution >= 4 is 11.8 Å². The summed E-state index contributed by atoms with van der Waals surface area (Å²) in [5.41, 5.74) is 11.8. The summed E-state index contributed by atoms with van der Waals surface area (Å²) in [7, 11) is 1.67. The molecule has 3 N–H and O–H groups in total. The summed E-state index contributed by atoms with van der Waals surface area (Å²) in [6.45, 7) is 7.80. The third-order valence-electron chi connectivity index (χ3n) is 8.79. The fraction of sp³-hybridized carbons (Fsp3) is 0.500. The summed E-state index contributed by atoms with van der Waals surface area (Å²) in [5, 5.41) is 9.66. The maximum Gasteiger partial charge on any atom is 0.222 e. The van der Waals surface area contributed by atoms with Crippen LogP contribution in [-0.4, -0.2) is 78.6 Å². The molecule has 218 valence electrons. The number of aromatic nitrogens is 2. The first kappa shape index (κ1) is 27.8. The average Bonchev–Trinajstić information content (AvgIpc) is 2.97. The number of nitrogens with two attached hydrogens (primary N) is 1. The molecule has 41 heavy (non-hydrogen) atoms. The van der Waals surface area contributed by atoms with Crippen LogP contribution in [0.1, 0.15) is 36.5 Å². The van der Waals surface area contributed by atoms with Gasteiger partial charge in [-0.2, -0.15) is 4.98 Å². The number of piperazine rings is 1. The molecule has 0 radical (unpaired) electrons. The van der Waals surface area contributed by atoms with Crippen molar-refractivity contribution in [1.29, 1.82) is 0 Å². The zero-order valence-corrected chi connectivity index (χ0v) is 24.1. The van der Waals surface area contributed by atoms with Gasteiger partial charge >= 0.3 is 0 Å². The van der Waals surface area contributed by atoms with E-state index in [0.717, 1.165) is 99.2 Å². The van der Waals surface area contributed by atoms with E-state index in [0.29, 0.717) is 24.6 Å². The van der Waals surface area contributed by atoms with Crippen molar-refractivity contribution in [3.05, 3.63) is 59.2 Å². The van der Waals surface area contributed by atoms with Crippen molar-refractivity contribution in [2.45, 2.75) is 51.4 Å². The van der Waals surface area contributed by atoms with Crippen LogP contribution < -0.4 is 20.1 Å². The van der Waals surface area contributed by atoms with E-state index in [1.165, 1.54) is 11.1 Å². The number of methoxy groups -OCH3 is 1. The van der Waals surface area contributed by atoms with E-state index in [4.69, 9.17) is 29.9 Å². The van der Waals surface area contributed by atoms with Crippen molar-refractivity contribution < 1.29 is 19.3 Å². The minimum Gasteiger partial charge on any atom is -0.497 e. The molecular formula is C32H41N5O4. The lowest BCUT2D eigenvalue weighted by atomic mass is 9.79. The molecule has 3 aromatic rings. The normalized spacial score (nSPS) is 21.0. The lowest BCUT2D eigenvalue weighted by molar-refractivity contribution is -0.0694. The zero-order chi connectivity index (χ0) is 28.3. The van der Waals surface area contributed by atoms with Crippen LogP contribution in [0.5, 0.6) is 11.5 Å². The van der Waals surface area contributed by atoms with Gasteiger partial charge in [0, 0.05) is 43.9 Å². The van der Waals surface area contributed by atoms with Gasteiger partial charge in [0.25, 0.3) is 0 Å². The van der Waals surface area contributed by atoms with Crippen molar-refractivity contribution in [3.63, 3.8) is 0 Å². The van der Waals surface area contributed by atoms with E-state index in [1.807, 2.05) is 37.3 Å². The molecule has 1 saturated carbocycles. The van der Waals surface area contributed by atoms with Crippen molar-refractivity contribution in [1.82, 2.24) is 14.9 Å². The summed E-state index contributed by atoms with van der Waals surface area (Å²) in [4.78, 5) is 14.2. The second-order valence-electron chi connectivity index (χ2n) is 11.5. The highest BCUT2D eigenvalue weighted by Gasteiger charge is 2.33. The number of aryl methyl sites for hydroxylation is 1. The second-order valence-corrected chi connectivity index (χ2v) is 11.5. The van der Waals surface area contributed by atoms with Crippen LogP contribution >= 0.6 is 0 Å². The Morgan fingerprint density at radius 1 is 1.00 bits per heavy atom. The number of hydrogen-bond donors (Lipinski definition) is 2. The van der Waals surface area contributed by atoms with E-state index in [9.17, 15) is 5.11 Å². The fourth-order valence-corrected chi connectivity index (χ4v) is 6.12. The molecule has 2 heterocycles. The van der Waals surface area contributed by atoms with Crippen molar-refractivity contribution in [2.75, 3.05) is 57.1 Å². The lowest BCUT2D eigenvalue weighted by Gasteiger charge is -2.39. The van der Waals surface area contributed by atoms with Gasteiger partial charge < -0.3 is 30.0 Å². The Hall–Kier alpha value is -3.40. The van der Waals surface area contributed by atoms with Gasteiger partial charge in [0.1, 0.15) is 23.9 Å². The van der Waals surface area contributed by atoms with E-state index in [1.54, 1.807) is 7.11 Å². The zero-order valence-electron chi connectivity index (χ0n) is 24.1. The van der Waals surface area contributed by atoms with Gasteiger partial charge in [0.15, 0.2) is 0 Å². The Kier molecular flexibility index (Phi) is 8.27. The molecule has 1 aromatic heterocycles. The number of nitrogens with zero attached hydrogens (tertiary/aromatic N) is 4. The number of aliphatic hydroxyl groups excluding tert-OH is 1. The van der Waals surface area contributed by atoms with Crippen LogP contribution in [-0.2, 0) is 24.2 Å². The number of ether oxygens (including phenoxy) is 3. The first-order chi connectivity index (χ1) is 20.0. The first-order valence-electron chi connectivity index (χ1n) is 14.8. The number of hydrogen-bond acceptors (Lipinski definition) is 9. The molecule has 2 fully saturated rings. The largest absolute Gasteiger partial charge is 0.497 e. The van der Waals surface area contributed by atoms with Gasteiger partial charge in [-0.15, -0.1) is 0 Å². The molecule has 1 aliphatic heterocycles. The SMILES string of the molecule is COc1ccc(COc2ccc3c(c2)CCc2c-3nc(N)nc2N2CCN(CCOC3CC(C(C)O)C3)CC2)cc1. The Labute approximate surface area is 242 Å². The van der Waals surface area contributed by atoms with E-state index < -0.39 is 0 Å². The molecule has 3 aliphatic rings. The van der Waals surface area contributed by atoms with Gasteiger partial charge in [-0.1, -0.05) is 12.1 Å². The van der Waals surface area contributed by atoms with Gasteiger partial charge in [-0.25, -0.2) is 4.98 Å². The highest BCUT2D eigenvalue weighted by atomic mass is 16.5. The van der Waals surface area contributed by atoms with Crippen molar-refractivity contribution in [3.8, 4) is 22.8 Å². The molecule has 2 aromatic carbocycles. The van der Waals surface area contributed by atoms with Crippen LogP contribution in [0, 0.1) is 5.92 Å². The second kappa shape index (κ2) is 12.2. The van der Waals surface area contributed by atoms with E-state index >= 15 is 0 Å². The summed E-state index contributed by atoms with van der Waals surface area (Å²) >= 11 is 0. The number of nitrogen functional groups attached to an aromatic ring is 1. The third-order valence-corrected chi connectivity index (χ3v) is 8.79. The predicted octanol–water partition coefficient (Wildman–Crippen LogP) is 3.71. The fourth-order valence-electron chi connectivity index (χ4n) is 6.12. The maximum atomic E-state index is 9.66. The minimum absolute atomic E-state index is 0.222. The van der Waals surface area contributed by atoms with Gasteiger partial charge in [0.2, 0.25) is 5.95 Å². The quantitative estimate of drug-likeness (QED) is 0.385. The van der Waals surface area contributed by atoms with Gasteiger partial charge in [-0.05, 0) is 80.0 Å². The number of benzene rings is 2. The minimum atomic E-state index is -0.222. The Bertz CT molecular complexity index is 1330. The van der Waals surface area contributed by atoms with Crippen LogP contribution in [0.15, 0.2) is 42.5 Å². The summed E-state index contributed by atoms with van der Waals surface area (Å²) in [6, 6.07) is 14.2. The van der Waals surface area contributed by atoms with Crippen LogP contribution in [0.25, 0.3) is 11.3 Å². The van der Waals surface area contributed by atoms with Crippen molar-refractivity contribution in [2.24, 2.45) is 5.92 Å². The average molecular weight is 560 g/mol. The molecule has 1 unspecified atom stereocenters. The highest BCUT2D eigenvalue weighted by molar-refractivity contribution is 5.76. The molecule has 0 amide bonds.